The quantitative estimate of drug-likeness (QED) is 0.878. The fourth-order valence-electron chi connectivity index (χ4n) is 2.91. The SMILES string of the molecule is O=C1CN(C(=O)NCCC(=O)N2CCCC2)c2ccccc2N1. The number of amides is 4. The Morgan fingerprint density at radius 1 is 1.17 bits per heavy atom. The number of hydrogen-bond acceptors (Lipinski definition) is 3. The summed E-state index contributed by atoms with van der Waals surface area (Å²) in [5.74, 6) is -0.161. The van der Waals surface area contributed by atoms with Gasteiger partial charge in [0.1, 0.15) is 6.54 Å². The Balaban J connectivity index is 1.56. The lowest BCUT2D eigenvalue weighted by Gasteiger charge is -2.29. The van der Waals surface area contributed by atoms with Crippen molar-refractivity contribution in [3.05, 3.63) is 24.3 Å². The number of para-hydroxylation sites is 2. The molecule has 1 fully saturated rings. The van der Waals surface area contributed by atoms with E-state index in [1.165, 1.54) is 4.90 Å². The average Bonchev–Trinajstić information content (AvgIpc) is 3.08. The molecule has 4 amide bonds. The summed E-state index contributed by atoms with van der Waals surface area (Å²) in [4.78, 5) is 39.2. The highest BCUT2D eigenvalue weighted by atomic mass is 16.2. The molecule has 0 atom stereocenters. The molecule has 7 nitrogen and oxygen atoms in total. The number of hydrogen-bond donors (Lipinski definition) is 2. The van der Waals surface area contributed by atoms with Crippen molar-refractivity contribution in [2.75, 3.05) is 36.4 Å². The van der Waals surface area contributed by atoms with Crippen LogP contribution in [-0.4, -0.2) is 48.9 Å². The van der Waals surface area contributed by atoms with E-state index >= 15 is 0 Å². The summed E-state index contributed by atoms with van der Waals surface area (Å²) in [7, 11) is 0. The van der Waals surface area contributed by atoms with Crippen molar-refractivity contribution in [1.29, 1.82) is 0 Å². The van der Waals surface area contributed by atoms with E-state index in [0.29, 0.717) is 11.4 Å². The number of nitrogens with one attached hydrogen (secondary N) is 2. The van der Waals surface area contributed by atoms with Gasteiger partial charge in [-0.15, -0.1) is 0 Å². The standard InChI is InChI=1S/C16H20N4O3/c21-14-11-20(13-6-2-1-5-12(13)18-14)16(23)17-8-7-15(22)19-9-3-4-10-19/h1-2,5-6H,3-4,7-11H2,(H,17,23)(H,18,21). The van der Waals surface area contributed by atoms with Crippen molar-refractivity contribution in [1.82, 2.24) is 10.2 Å². The monoisotopic (exact) mass is 316 g/mol. The Morgan fingerprint density at radius 2 is 1.91 bits per heavy atom. The van der Waals surface area contributed by atoms with Crippen LogP contribution in [0.1, 0.15) is 19.3 Å². The number of carbonyl (C=O) groups excluding carboxylic acids is 3. The molecule has 0 aliphatic carbocycles. The molecule has 1 aromatic rings. The first-order chi connectivity index (χ1) is 11.1. The van der Waals surface area contributed by atoms with E-state index in [1.807, 2.05) is 11.0 Å². The van der Waals surface area contributed by atoms with E-state index < -0.39 is 0 Å². The molecule has 2 aliphatic heterocycles. The number of nitrogens with zero attached hydrogens (tertiary/aromatic N) is 2. The van der Waals surface area contributed by atoms with E-state index in [9.17, 15) is 14.4 Å². The van der Waals surface area contributed by atoms with Crippen LogP contribution in [0.5, 0.6) is 0 Å². The maximum absolute atomic E-state index is 12.3. The maximum Gasteiger partial charge on any atom is 0.322 e. The number of anilines is 2. The van der Waals surface area contributed by atoms with Crippen molar-refractivity contribution < 1.29 is 14.4 Å². The molecule has 1 saturated heterocycles. The lowest BCUT2D eigenvalue weighted by atomic mass is 10.2. The molecule has 0 aromatic heterocycles. The van der Waals surface area contributed by atoms with Gasteiger partial charge in [0.05, 0.1) is 11.4 Å². The smallest absolute Gasteiger partial charge is 0.322 e. The summed E-state index contributed by atoms with van der Waals surface area (Å²) in [6.45, 7) is 1.87. The van der Waals surface area contributed by atoms with Crippen LogP contribution in [0.2, 0.25) is 0 Å². The molecule has 0 unspecified atom stereocenters. The molecule has 1 aromatic carbocycles. The summed E-state index contributed by atoms with van der Waals surface area (Å²) < 4.78 is 0. The summed E-state index contributed by atoms with van der Waals surface area (Å²) >= 11 is 0. The fourth-order valence-corrected chi connectivity index (χ4v) is 2.91. The highest BCUT2D eigenvalue weighted by molar-refractivity contribution is 6.09. The van der Waals surface area contributed by atoms with Crippen LogP contribution in [0.15, 0.2) is 24.3 Å². The molecule has 0 spiro atoms. The zero-order chi connectivity index (χ0) is 16.2. The summed E-state index contributed by atoms with van der Waals surface area (Å²) in [6.07, 6.45) is 2.39. The van der Waals surface area contributed by atoms with Crippen LogP contribution in [0.4, 0.5) is 16.2 Å². The zero-order valence-electron chi connectivity index (χ0n) is 12.9. The molecule has 0 bridgehead atoms. The van der Waals surface area contributed by atoms with Crippen molar-refractivity contribution >= 4 is 29.2 Å². The second kappa shape index (κ2) is 6.68. The van der Waals surface area contributed by atoms with Gasteiger partial charge in [0.2, 0.25) is 11.8 Å². The van der Waals surface area contributed by atoms with E-state index in [1.54, 1.807) is 18.2 Å². The lowest BCUT2D eigenvalue weighted by Crippen LogP contribution is -2.47. The minimum absolute atomic E-state index is 0.0249. The van der Waals surface area contributed by atoms with Gasteiger partial charge in [0.25, 0.3) is 0 Å². The highest BCUT2D eigenvalue weighted by Crippen LogP contribution is 2.28. The summed E-state index contributed by atoms with van der Waals surface area (Å²) in [5, 5.41) is 5.46. The van der Waals surface area contributed by atoms with Crippen LogP contribution in [0.25, 0.3) is 0 Å². The summed E-state index contributed by atoms with van der Waals surface area (Å²) in [5.41, 5.74) is 1.28. The predicted octanol–water partition coefficient (Wildman–Crippen LogP) is 1.17. The van der Waals surface area contributed by atoms with Gasteiger partial charge in [-0.1, -0.05) is 12.1 Å². The van der Waals surface area contributed by atoms with Crippen LogP contribution in [0.3, 0.4) is 0 Å². The van der Waals surface area contributed by atoms with Gasteiger partial charge >= 0.3 is 6.03 Å². The molecule has 3 rings (SSSR count). The van der Waals surface area contributed by atoms with E-state index in [-0.39, 0.29) is 37.4 Å². The molecular weight excluding hydrogens is 296 g/mol. The van der Waals surface area contributed by atoms with Crippen molar-refractivity contribution in [2.24, 2.45) is 0 Å². The minimum Gasteiger partial charge on any atom is -0.343 e. The van der Waals surface area contributed by atoms with Gasteiger partial charge in [-0.05, 0) is 25.0 Å². The van der Waals surface area contributed by atoms with Gasteiger partial charge in [-0.25, -0.2) is 4.79 Å². The largest absolute Gasteiger partial charge is 0.343 e. The Kier molecular flexibility index (Phi) is 4.45. The van der Waals surface area contributed by atoms with Crippen LogP contribution >= 0.6 is 0 Å². The van der Waals surface area contributed by atoms with E-state index in [2.05, 4.69) is 10.6 Å². The van der Waals surface area contributed by atoms with Crippen LogP contribution < -0.4 is 15.5 Å². The molecule has 122 valence electrons. The minimum atomic E-state index is -0.360. The van der Waals surface area contributed by atoms with Crippen molar-refractivity contribution in [3.63, 3.8) is 0 Å². The Hall–Kier alpha value is -2.57. The zero-order valence-corrected chi connectivity index (χ0v) is 12.9. The molecule has 7 heteroatoms. The molecule has 23 heavy (non-hydrogen) atoms. The Labute approximate surface area is 134 Å². The number of benzene rings is 1. The summed E-state index contributed by atoms with van der Waals surface area (Å²) in [6, 6.07) is 6.79. The number of carbonyl (C=O) groups is 3. The second-order valence-electron chi connectivity index (χ2n) is 5.72. The first kappa shape index (κ1) is 15.3. The third-order valence-electron chi connectivity index (χ3n) is 4.09. The second-order valence-corrected chi connectivity index (χ2v) is 5.72. The molecule has 2 aliphatic rings. The van der Waals surface area contributed by atoms with Crippen molar-refractivity contribution in [3.8, 4) is 0 Å². The topological polar surface area (TPSA) is 81.8 Å². The van der Waals surface area contributed by atoms with E-state index in [4.69, 9.17) is 0 Å². The molecular formula is C16H20N4O3. The van der Waals surface area contributed by atoms with Gasteiger partial charge < -0.3 is 15.5 Å². The van der Waals surface area contributed by atoms with Crippen LogP contribution in [-0.2, 0) is 9.59 Å². The Morgan fingerprint density at radius 3 is 2.70 bits per heavy atom. The number of urea groups is 1. The number of fused-ring (bicyclic) bond motifs is 1. The average molecular weight is 316 g/mol. The maximum atomic E-state index is 12.3. The van der Waals surface area contributed by atoms with Gasteiger partial charge in [0, 0.05) is 26.1 Å². The van der Waals surface area contributed by atoms with Crippen molar-refractivity contribution in [2.45, 2.75) is 19.3 Å². The first-order valence-corrected chi connectivity index (χ1v) is 7.87. The molecule has 2 N–H and O–H groups in total. The molecule has 0 saturated carbocycles. The first-order valence-electron chi connectivity index (χ1n) is 7.87. The van der Waals surface area contributed by atoms with Gasteiger partial charge in [-0.2, -0.15) is 0 Å². The van der Waals surface area contributed by atoms with Gasteiger partial charge in [0.15, 0.2) is 0 Å². The Bertz CT molecular complexity index is 626. The highest BCUT2D eigenvalue weighted by Gasteiger charge is 2.26. The fraction of sp³-hybridized carbons (Fsp3) is 0.438. The molecule has 2 heterocycles. The van der Waals surface area contributed by atoms with Crippen LogP contribution in [0, 0.1) is 0 Å². The number of rotatable bonds is 3. The third-order valence-corrected chi connectivity index (χ3v) is 4.09. The lowest BCUT2D eigenvalue weighted by molar-refractivity contribution is -0.130. The molecule has 0 radical (unpaired) electrons. The predicted molar refractivity (Wildman–Crippen MR) is 86.2 cm³/mol. The third kappa shape index (κ3) is 3.44. The number of likely N-dealkylation sites (tertiary alicyclic amines) is 1. The van der Waals surface area contributed by atoms with E-state index in [0.717, 1.165) is 25.9 Å². The normalized spacial score (nSPS) is 16.8. The van der Waals surface area contributed by atoms with Gasteiger partial charge in [-0.3, -0.25) is 14.5 Å².